The summed E-state index contributed by atoms with van der Waals surface area (Å²) in [6.07, 6.45) is 2.41. The van der Waals surface area contributed by atoms with Gasteiger partial charge in [0.1, 0.15) is 5.78 Å². The lowest BCUT2D eigenvalue weighted by Crippen LogP contribution is -2.57. The van der Waals surface area contributed by atoms with Gasteiger partial charge in [-0.1, -0.05) is 59.7 Å². The number of morpholine rings is 1. The van der Waals surface area contributed by atoms with Gasteiger partial charge in [-0.2, -0.15) is 0 Å². The van der Waals surface area contributed by atoms with Gasteiger partial charge in [0, 0.05) is 31.0 Å². The Morgan fingerprint density at radius 1 is 0.963 bits per heavy atom. The van der Waals surface area contributed by atoms with Gasteiger partial charge in [0.25, 0.3) is 0 Å². The molecule has 2 heterocycles. The van der Waals surface area contributed by atoms with Crippen molar-refractivity contribution in [2.24, 2.45) is 5.92 Å². The van der Waals surface area contributed by atoms with E-state index in [9.17, 15) is 4.79 Å². The van der Waals surface area contributed by atoms with Crippen LogP contribution in [-0.2, 0) is 22.5 Å². The van der Waals surface area contributed by atoms with Crippen molar-refractivity contribution in [1.82, 2.24) is 4.90 Å². The number of hydrogen-bond acceptors (Lipinski definition) is 3. The minimum absolute atomic E-state index is 0.164. The zero-order valence-electron chi connectivity index (χ0n) is 16.4. The molecule has 0 aromatic heterocycles. The molecule has 2 bridgehead atoms. The largest absolute Gasteiger partial charge is 0.378 e. The molecule has 4 rings (SSSR count). The number of rotatable bonds is 5. The fraction of sp³-hybridized carbons (Fsp3) is 0.458. The van der Waals surface area contributed by atoms with Gasteiger partial charge in [-0.05, 0) is 37.8 Å². The van der Waals surface area contributed by atoms with E-state index in [1.54, 1.807) is 0 Å². The predicted molar refractivity (Wildman–Crippen MR) is 108 cm³/mol. The standard InChI is InChI=1S/C24H29NO2/c1-17-8-18(2)10-20(9-17)11-24(26)21-12-22-15-27-16-23(13-21)25(22)14-19-6-4-3-5-7-19/h3-10,21-23H,11-16H2,1-2H3. The summed E-state index contributed by atoms with van der Waals surface area (Å²) in [7, 11) is 0. The molecule has 0 spiro atoms. The lowest BCUT2D eigenvalue weighted by Gasteiger charge is -2.48. The quantitative estimate of drug-likeness (QED) is 0.801. The molecule has 2 aliphatic heterocycles. The van der Waals surface area contributed by atoms with Crippen LogP contribution in [0.3, 0.4) is 0 Å². The van der Waals surface area contributed by atoms with Crippen molar-refractivity contribution in [3.63, 3.8) is 0 Å². The van der Waals surface area contributed by atoms with Gasteiger partial charge in [-0.25, -0.2) is 0 Å². The second-order valence-corrected chi connectivity index (χ2v) is 8.31. The first-order valence-corrected chi connectivity index (χ1v) is 10.1. The van der Waals surface area contributed by atoms with Crippen LogP contribution in [0.5, 0.6) is 0 Å². The number of fused-ring (bicyclic) bond motifs is 2. The van der Waals surface area contributed by atoms with Crippen LogP contribution in [0, 0.1) is 19.8 Å². The van der Waals surface area contributed by atoms with Crippen LogP contribution in [0.4, 0.5) is 0 Å². The Morgan fingerprint density at radius 2 is 1.59 bits per heavy atom. The first-order chi connectivity index (χ1) is 13.1. The molecule has 27 heavy (non-hydrogen) atoms. The van der Waals surface area contributed by atoms with Crippen molar-refractivity contribution in [2.45, 2.75) is 51.7 Å². The van der Waals surface area contributed by atoms with Gasteiger partial charge in [0.15, 0.2) is 0 Å². The van der Waals surface area contributed by atoms with E-state index < -0.39 is 0 Å². The Balaban J connectivity index is 1.44. The molecule has 2 aliphatic rings. The number of ether oxygens (including phenoxy) is 1. The number of benzene rings is 2. The number of carbonyl (C=O) groups excluding carboxylic acids is 1. The van der Waals surface area contributed by atoms with E-state index >= 15 is 0 Å². The van der Waals surface area contributed by atoms with Crippen molar-refractivity contribution < 1.29 is 9.53 Å². The van der Waals surface area contributed by atoms with Crippen LogP contribution in [0.1, 0.15) is 35.1 Å². The van der Waals surface area contributed by atoms with Crippen molar-refractivity contribution in [3.8, 4) is 0 Å². The number of aryl methyl sites for hydroxylation is 2. The number of ketones is 1. The third-order valence-corrected chi connectivity index (χ3v) is 5.99. The summed E-state index contributed by atoms with van der Waals surface area (Å²) < 4.78 is 5.83. The molecular weight excluding hydrogens is 334 g/mol. The summed E-state index contributed by atoms with van der Waals surface area (Å²) in [6.45, 7) is 6.65. The van der Waals surface area contributed by atoms with Gasteiger partial charge in [0.05, 0.1) is 13.2 Å². The second-order valence-electron chi connectivity index (χ2n) is 8.31. The van der Waals surface area contributed by atoms with Crippen molar-refractivity contribution in [1.29, 1.82) is 0 Å². The molecule has 3 nitrogen and oxygen atoms in total. The topological polar surface area (TPSA) is 29.5 Å². The molecule has 0 saturated carbocycles. The molecule has 2 atom stereocenters. The van der Waals surface area contributed by atoms with E-state index in [1.165, 1.54) is 16.7 Å². The molecule has 2 aromatic carbocycles. The Labute approximate surface area is 162 Å². The van der Waals surface area contributed by atoms with E-state index in [2.05, 4.69) is 67.3 Å². The van der Waals surface area contributed by atoms with Crippen LogP contribution in [0.25, 0.3) is 0 Å². The van der Waals surface area contributed by atoms with E-state index in [0.29, 0.717) is 24.3 Å². The van der Waals surface area contributed by atoms with Gasteiger partial charge in [-0.3, -0.25) is 9.69 Å². The highest BCUT2D eigenvalue weighted by Gasteiger charge is 2.40. The van der Waals surface area contributed by atoms with Crippen LogP contribution in [0.2, 0.25) is 0 Å². The van der Waals surface area contributed by atoms with Crippen LogP contribution >= 0.6 is 0 Å². The zero-order valence-corrected chi connectivity index (χ0v) is 16.4. The molecule has 3 heteroatoms. The Hall–Kier alpha value is -1.97. The number of hydrogen-bond donors (Lipinski definition) is 0. The molecule has 0 amide bonds. The van der Waals surface area contributed by atoms with Gasteiger partial charge in [0.2, 0.25) is 0 Å². The molecule has 0 radical (unpaired) electrons. The fourth-order valence-electron chi connectivity index (χ4n) is 4.82. The van der Waals surface area contributed by atoms with Gasteiger partial charge in [-0.15, -0.1) is 0 Å². The molecule has 142 valence electrons. The summed E-state index contributed by atoms with van der Waals surface area (Å²) >= 11 is 0. The van der Waals surface area contributed by atoms with Gasteiger partial charge < -0.3 is 4.74 Å². The maximum Gasteiger partial charge on any atom is 0.140 e. The Kier molecular flexibility index (Phi) is 5.42. The fourth-order valence-corrected chi connectivity index (χ4v) is 4.82. The molecule has 0 N–H and O–H groups in total. The minimum Gasteiger partial charge on any atom is -0.378 e. The summed E-state index contributed by atoms with van der Waals surface area (Å²) in [5.74, 6) is 0.563. The van der Waals surface area contributed by atoms with Crippen molar-refractivity contribution in [3.05, 3.63) is 70.8 Å². The average Bonchev–Trinajstić information content (AvgIpc) is 2.61. The van der Waals surface area contributed by atoms with Gasteiger partial charge >= 0.3 is 0 Å². The normalized spacial score (nSPS) is 25.3. The number of Topliss-reactive ketones (excluding diaryl/α,β-unsaturated/α-hetero) is 1. The Morgan fingerprint density at radius 3 is 2.22 bits per heavy atom. The Bertz CT molecular complexity index is 767. The summed E-state index contributed by atoms with van der Waals surface area (Å²) in [6, 6.07) is 17.8. The zero-order chi connectivity index (χ0) is 18.8. The third kappa shape index (κ3) is 4.31. The molecule has 2 fully saturated rings. The second kappa shape index (κ2) is 7.95. The molecular formula is C24H29NO2. The minimum atomic E-state index is 0.164. The highest BCUT2D eigenvalue weighted by atomic mass is 16.5. The maximum absolute atomic E-state index is 13.0. The maximum atomic E-state index is 13.0. The van der Waals surface area contributed by atoms with Crippen LogP contribution in [-0.4, -0.2) is 36.0 Å². The van der Waals surface area contributed by atoms with Crippen LogP contribution < -0.4 is 0 Å². The van der Waals surface area contributed by atoms with Crippen molar-refractivity contribution in [2.75, 3.05) is 13.2 Å². The van der Waals surface area contributed by atoms with E-state index in [4.69, 9.17) is 4.74 Å². The summed E-state index contributed by atoms with van der Waals surface area (Å²) in [4.78, 5) is 15.6. The lowest BCUT2D eigenvalue weighted by molar-refractivity contribution is -0.133. The first kappa shape index (κ1) is 18.4. The molecule has 2 saturated heterocycles. The number of carbonyl (C=O) groups is 1. The number of nitrogens with zero attached hydrogens (tertiary/aromatic N) is 1. The van der Waals surface area contributed by atoms with Crippen LogP contribution in [0.15, 0.2) is 48.5 Å². The molecule has 2 unspecified atom stereocenters. The monoisotopic (exact) mass is 363 g/mol. The first-order valence-electron chi connectivity index (χ1n) is 10.1. The molecule has 0 aliphatic carbocycles. The highest BCUT2D eigenvalue weighted by molar-refractivity contribution is 5.83. The summed E-state index contributed by atoms with van der Waals surface area (Å²) in [5.41, 5.74) is 4.97. The smallest absolute Gasteiger partial charge is 0.140 e. The SMILES string of the molecule is Cc1cc(C)cc(CC(=O)C2CC3COCC(C2)N3Cc2ccccc2)c1. The third-order valence-electron chi connectivity index (χ3n) is 5.99. The van der Waals surface area contributed by atoms with E-state index in [-0.39, 0.29) is 5.92 Å². The number of piperidine rings is 1. The average molecular weight is 364 g/mol. The predicted octanol–water partition coefficient (Wildman–Crippen LogP) is 4.09. The summed E-state index contributed by atoms with van der Waals surface area (Å²) in [5, 5.41) is 0. The molecule has 2 aromatic rings. The van der Waals surface area contributed by atoms with E-state index in [1.807, 2.05) is 0 Å². The van der Waals surface area contributed by atoms with Crippen molar-refractivity contribution >= 4 is 5.78 Å². The highest BCUT2D eigenvalue weighted by Crippen LogP contribution is 2.34. The van der Waals surface area contributed by atoms with E-state index in [0.717, 1.165) is 38.2 Å². The lowest BCUT2D eigenvalue weighted by atomic mass is 9.80.